The summed E-state index contributed by atoms with van der Waals surface area (Å²) in [5.74, 6) is 0.599. The summed E-state index contributed by atoms with van der Waals surface area (Å²) in [6, 6.07) is 2.86. The van der Waals surface area contributed by atoms with Crippen LogP contribution in [0.2, 0.25) is 0 Å². The van der Waals surface area contributed by atoms with Crippen molar-refractivity contribution in [1.29, 1.82) is 0 Å². The molecule has 0 atom stereocenters. The smallest absolute Gasteiger partial charge is 0.244 e. The monoisotopic (exact) mass is 443 g/mol. The van der Waals surface area contributed by atoms with Gasteiger partial charge < -0.3 is 15.2 Å². The van der Waals surface area contributed by atoms with Crippen molar-refractivity contribution in [2.24, 2.45) is 11.7 Å². The van der Waals surface area contributed by atoms with E-state index in [2.05, 4.69) is 4.98 Å². The number of pyridine rings is 1. The number of hydrogen-bond acceptors (Lipinski definition) is 7. The molecular formula is C20H30FN3O5S. The predicted octanol–water partition coefficient (Wildman–Crippen LogP) is 2.06. The van der Waals surface area contributed by atoms with Gasteiger partial charge in [0.25, 0.3) is 0 Å². The molecule has 1 aliphatic heterocycles. The number of nitrogens with two attached hydrogens (primary N) is 1. The first-order valence-corrected chi connectivity index (χ1v) is 11.4. The van der Waals surface area contributed by atoms with Crippen LogP contribution in [0.25, 0.3) is 0 Å². The molecule has 2 heterocycles. The molecule has 2 rings (SSSR count). The second-order valence-electron chi connectivity index (χ2n) is 7.28. The molecule has 1 aliphatic rings. The fourth-order valence-electron chi connectivity index (χ4n) is 3.25. The third kappa shape index (κ3) is 7.12. The highest BCUT2D eigenvalue weighted by Crippen LogP contribution is 2.26. The van der Waals surface area contributed by atoms with Gasteiger partial charge in [0.1, 0.15) is 17.3 Å². The maximum atomic E-state index is 12.8. The largest absolute Gasteiger partial charge is 0.473 e. The third-order valence-electron chi connectivity index (χ3n) is 5.06. The van der Waals surface area contributed by atoms with Crippen LogP contribution in [0.4, 0.5) is 4.39 Å². The molecule has 2 N–H and O–H groups in total. The Morgan fingerprint density at radius 3 is 2.67 bits per heavy atom. The molecule has 8 nitrogen and oxygen atoms in total. The fourth-order valence-corrected chi connectivity index (χ4v) is 4.66. The lowest BCUT2D eigenvalue weighted by molar-refractivity contribution is -0.120. The van der Waals surface area contributed by atoms with Crippen LogP contribution in [0, 0.1) is 5.92 Å². The lowest BCUT2D eigenvalue weighted by atomic mass is 9.91. The second kappa shape index (κ2) is 12.1. The van der Waals surface area contributed by atoms with E-state index < -0.39 is 10.0 Å². The minimum absolute atomic E-state index is 0.0255. The highest BCUT2D eigenvalue weighted by molar-refractivity contribution is 7.89. The van der Waals surface area contributed by atoms with Crippen LogP contribution in [0.15, 0.2) is 35.1 Å². The predicted molar refractivity (Wildman–Crippen MR) is 110 cm³/mol. The van der Waals surface area contributed by atoms with E-state index in [-0.39, 0.29) is 41.2 Å². The van der Waals surface area contributed by atoms with Crippen molar-refractivity contribution in [2.45, 2.75) is 37.0 Å². The molecular weight excluding hydrogens is 413 g/mol. The van der Waals surface area contributed by atoms with Gasteiger partial charge >= 0.3 is 0 Å². The molecule has 0 saturated carbocycles. The Kier molecular flexibility index (Phi) is 9.83. The summed E-state index contributed by atoms with van der Waals surface area (Å²) in [6.07, 6.45) is 4.63. The number of nitrogens with zero attached hydrogens (tertiary/aromatic N) is 2. The zero-order chi connectivity index (χ0) is 22.0. The zero-order valence-corrected chi connectivity index (χ0v) is 18.1. The van der Waals surface area contributed by atoms with Crippen molar-refractivity contribution in [3.05, 3.63) is 30.2 Å². The average molecular weight is 444 g/mol. The number of carbonyl (C=O) groups is 1. The number of aromatic nitrogens is 1. The summed E-state index contributed by atoms with van der Waals surface area (Å²) in [4.78, 5) is 16.1. The maximum absolute atomic E-state index is 12.8. The number of methoxy groups -OCH3 is 1. The van der Waals surface area contributed by atoms with Crippen molar-refractivity contribution >= 4 is 15.8 Å². The molecule has 0 aliphatic carbocycles. The first-order valence-electron chi connectivity index (χ1n) is 9.98. The standard InChI is InChI=1S/C20H30FN3O5S/c1-28-10-2-3-18(25)11-16-6-8-24(9-7-16)30(26,27)19-4-5-20(23-14-19)29-15-17(12-21)13-22/h4-5,12,14,16H,2-3,6-11,13,15,22H2,1H3/b17-12-. The number of rotatable bonds is 12. The van der Waals surface area contributed by atoms with Crippen molar-refractivity contribution in [1.82, 2.24) is 9.29 Å². The van der Waals surface area contributed by atoms with E-state index in [1.807, 2.05) is 0 Å². The van der Waals surface area contributed by atoms with E-state index in [1.165, 1.54) is 22.6 Å². The van der Waals surface area contributed by atoms with Gasteiger partial charge in [-0.2, -0.15) is 4.31 Å². The highest BCUT2D eigenvalue weighted by Gasteiger charge is 2.30. The van der Waals surface area contributed by atoms with Crippen LogP contribution in [-0.4, -0.2) is 63.4 Å². The van der Waals surface area contributed by atoms with Gasteiger partial charge in [0.15, 0.2) is 0 Å². The molecule has 0 bridgehead atoms. The van der Waals surface area contributed by atoms with Crippen LogP contribution in [0.3, 0.4) is 0 Å². The molecule has 0 radical (unpaired) electrons. The molecule has 10 heteroatoms. The van der Waals surface area contributed by atoms with E-state index in [1.54, 1.807) is 7.11 Å². The minimum atomic E-state index is -3.67. The number of ketones is 1. The number of piperidine rings is 1. The number of halogens is 1. The Bertz CT molecular complexity index is 806. The fraction of sp³-hybridized carbons (Fsp3) is 0.600. The Morgan fingerprint density at radius 1 is 1.37 bits per heavy atom. The zero-order valence-electron chi connectivity index (χ0n) is 17.3. The summed E-state index contributed by atoms with van der Waals surface area (Å²) in [6.45, 7) is 1.29. The van der Waals surface area contributed by atoms with Gasteiger partial charge in [0, 0.05) is 57.8 Å². The van der Waals surface area contributed by atoms with Gasteiger partial charge in [-0.3, -0.25) is 4.79 Å². The molecule has 1 fully saturated rings. The Labute approximate surface area is 177 Å². The maximum Gasteiger partial charge on any atom is 0.244 e. The van der Waals surface area contributed by atoms with Crippen LogP contribution in [0.5, 0.6) is 5.88 Å². The minimum Gasteiger partial charge on any atom is -0.473 e. The molecule has 168 valence electrons. The quantitative estimate of drug-likeness (QED) is 0.492. The molecule has 0 amide bonds. The Morgan fingerprint density at radius 2 is 2.10 bits per heavy atom. The molecule has 0 spiro atoms. The Balaban J connectivity index is 1.87. The van der Waals surface area contributed by atoms with E-state index in [0.717, 1.165) is 0 Å². The van der Waals surface area contributed by atoms with Crippen molar-refractivity contribution in [3.63, 3.8) is 0 Å². The van der Waals surface area contributed by atoms with Crippen molar-refractivity contribution in [2.75, 3.05) is 40.0 Å². The lowest BCUT2D eigenvalue weighted by Gasteiger charge is -2.30. The van der Waals surface area contributed by atoms with Gasteiger partial charge in [-0.25, -0.2) is 17.8 Å². The molecule has 0 unspecified atom stereocenters. The molecule has 30 heavy (non-hydrogen) atoms. The summed E-state index contributed by atoms with van der Waals surface area (Å²) in [5, 5.41) is 0. The number of hydrogen-bond donors (Lipinski definition) is 1. The Hall–Kier alpha value is -1.88. The average Bonchev–Trinajstić information content (AvgIpc) is 2.75. The number of carbonyl (C=O) groups excluding carboxylic acids is 1. The molecule has 1 aromatic heterocycles. The molecule has 1 aromatic rings. The van der Waals surface area contributed by atoms with Crippen LogP contribution in [0.1, 0.15) is 32.1 Å². The number of sulfonamides is 1. The number of ether oxygens (including phenoxy) is 2. The summed E-state index contributed by atoms with van der Waals surface area (Å²) in [5.41, 5.74) is 5.63. The van der Waals surface area contributed by atoms with Crippen LogP contribution >= 0.6 is 0 Å². The summed E-state index contributed by atoms with van der Waals surface area (Å²) < 4.78 is 49.9. The van der Waals surface area contributed by atoms with Gasteiger partial charge in [0.2, 0.25) is 15.9 Å². The first kappa shape index (κ1) is 24.4. The van der Waals surface area contributed by atoms with Gasteiger partial charge in [-0.15, -0.1) is 0 Å². The van der Waals surface area contributed by atoms with Crippen LogP contribution in [-0.2, 0) is 19.6 Å². The topological polar surface area (TPSA) is 112 Å². The highest BCUT2D eigenvalue weighted by atomic mass is 32.2. The van der Waals surface area contributed by atoms with E-state index in [0.29, 0.717) is 58.1 Å². The summed E-state index contributed by atoms with van der Waals surface area (Å²) in [7, 11) is -2.06. The van der Waals surface area contributed by atoms with Gasteiger partial charge in [-0.1, -0.05) is 0 Å². The normalized spacial score (nSPS) is 16.6. The second-order valence-corrected chi connectivity index (χ2v) is 9.22. The SMILES string of the molecule is COCCCC(=O)CC1CCN(S(=O)(=O)c2ccc(OC/C(=C\F)CN)nc2)CC1. The summed E-state index contributed by atoms with van der Waals surface area (Å²) >= 11 is 0. The third-order valence-corrected chi connectivity index (χ3v) is 6.95. The first-order chi connectivity index (χ1) is 14.4. The molecule has 0 aromatic carbocycles. The van der Waals surface area contributed by atoms with Crippen molar-refractivity contribution in [3.8, 4) is 5.88 Å². The van der Waals surface area contributed by atoms with Crippen LogP contribution < -0.4 is 10.5 Å². The van der Waals surface area contributed by atoms with E-state index in [4.69, 9.17) is 15.2 Å². The number of Topliss-reactive ketones (excluding diaryl/α,β-unsaturated/α-hetero) is 1. The van der Waals surface area contributed by atoms with Gasteiger partial charge in [0.05, 0.1) is 12.5 Å². The van der Waals surface area contributed by atoms with Crippen molar-refractivity contribution < 1.29 is 27.1 Å². The lowest BCUT2D eigenvalue weighted by Crippen LogP contribution is -2.38. The van der Waals surface area contributed by atoms with E-state index >= 15 is 0 Å². The van der Waals surface area contributed by atoms with E-state index in [9.17, 15) is 17.6 Å². The van der Waals surface area contributed by atoms with Gasteiger partial charge in [-0.05, 0) is 31.2 Å². The molecule has 1 saturated heterocycles.